The summed E-state index contributed by atoms with van der Waals surface area (Å²) in [7, 11) is 1.68. The van der Waals surface area contributed by atoms with Crippen LogP contribution in [0.15, 0.2) is 18.3 Å². The summed E-state index contributed by atoms with van der Waals surface area (Å²) >= 11 is 0. The maximum Gasteiger partial charge on any atom is 0.0587 e. The molecule has 1 aromatic heterocycles. The van der Waals surface area contributed by atoms with Gasteiger partial charge in [-0.2, -0.15) is 0 Å². The monoisotopic (exact) mass is 253 g/mol. The predicted octanol–water partition coefficient (Wildman–Crippen LogP) is 1.24. The Hall–Kier alpha value is -0.550. The van der Waals surface area contributed by atoms with E-state index in [-0.39, 0.29) is 24.8 Å². The van der Waals surface area contributed by atoms with Crippen LogP contribution in [0.2, 0.25) is 0 Å². The van der Waals surface area contributed by atoms with Gasteiger partial charge in [0.1, 0.15) is 0 Å². The highest BCUT2D eigenvalue weighted by Crippen LogP contribution is 1.99. The van der Waals surface area contributed by atoms with E-state index >= 15 is 0 Å². The summed E-state index contributed by atoms with van der Waals surface area (Å²) in [6, 6.07) is 3.76. The average Bonchev–Trinajstić information content (AvgIpc) is 2.15. The first-order valence-electron chi connectivity index (χ1n) is 4.23. The molecule has 0 fully saturated rings. The van der Waals surface area contributed by atoms with Crippen LogP contribution in [0, 0.1) is 0 Å². The molecule has 0 aliphatic heterocycles. The number of nitrogens with one attached hydrogen (secondary N) is 1. The number of nitrogens with zero attached hydrogens (tertiary/aromatic N) is 1. The highest BCUT2D eigenvalue weighted by Gasteiger charge is 1.92. The van der Waals surface area contributed by atoms with Crippen molar-refractivity contribution in [1.29, 1.82) is 0 Å². The Morgan fingerprint density at radius 2 is 2.13 bits per heavy atom. The van der Waals surface area contributed by atoms with Crippen molar-refractivity contribution in [3.8, 4) is 0 Å². The van der Waals surface area contributed by atoms with Crippen molar-refractivity contribution in [2.45, 2.75) is 6.54 Å². The van der Waals surface area contributed by atoms with Crippen molar-refractivity contribution in [3.63, 3.8) is 0 Å². The van der Waals surface area contributed by atoms with Crippen molar-refractivity contribution in [3.05, 3.63) is 24.0 Å². The number of hydrogen-bond acceptors (Lipinski definition) is 4. The highest BCUT2D eigenvalue weighted by molar-refractivity contribution is 5.85. The lowest BCUT2D eigenvalue weighted by Crippen LogP contribution is -2.19. The van der Waals surface area contributed by atoms with Crippen LogP contribution in [-0.2, 0) is 11.3 Å². The molecular formula is C9H17Cl2N3O. The number of hydrogen-bond donors (Lipinski definition) is 2. The van der Waals surface area contributed by atoms with Crippen LogP contribution in [0.25, 0.3) is 0 Å². The molecule has 0 amide bonds. The fourth-order valence-electron chi connectivity index (χ4n) is 0.931. The van der Waals surface area contributed by atoms with Crippen LogP contribution in [0.4, 0.5) is 5.69 Å². The van der Waals surface area contributed by atoms with Gasteiger partial charge < -0.3 is 15.8 Å². The number of ether oxygens (including phenoxy) is 1. The van der Waals surface area contributed by atoms with E-state index in [4.69, 9.17) is 10.5 Å². The van der Waals surface area contributed by atoms with Gasteiger partial charge in [-0.25, -0.2) is 0 Å². The molecule has 0 unspecified atom stereocenters. The maximum atomic E-state index is 5.50. The van der Waals surface area contributed by atoms with Gasteiger partial charge in [0.15, 0.2) is 0 Å². The molecule has 0 spiro atoms. The van der Waals surface area contributed by atoms with Crippen molar-refractivity contribution in [2.24, 2.45) is 0 Å². The molecule has 15 heavy (non-hydrogen) atoms. The van der Waals surface area contributed by atoms with Gasteiger partial charge in [-0.1, -0.05) is 0 Å². The summed E-state index contributed by atoms with van der Waals surface area (Å²) in [5, 5.41) is 3.19. The topological polar surface area (TPSA) is 60.2 Å². The Kier molecular flexibility index (Phi) is 11.2. The number of halogens is 2. The van der Waals surface area contributed by atoms with E-state index in [2.05, 4.69) is 10.3 Å². The van der Waals surface area contributed by atoms with Crippen LogP contribution >= 0.6 is 24.8 Å². The average molecular weight is 254 g/mol. The lowest BCUT2D eigenvalue weighted by Gasteiger charge is -2.03. The molecule has 0 aromatic carbocycles. The SMILES string of the molecule is COCCNCc1ccc(N)cn1.Cl.Cl. The Morgan fingerprint density at radius 1 is 1.40 bits per heavy atom. The first-order chi connectivity index (χ1) is 6.33. The number of nitrogen functional groups attached to an aromatic ring is 1. The Labute approximate surface area is 102 Å². The standard InChI is InChI=1S/C9H15N3O.2ClH/c1-13-5-4-11-7-9-3-2-8(10)6-12-9;;/h2-3,6,11H,4-5,7,10H2,1H3;2*1H. The van der Waals surface area contributed by atoms with Crippen molar-refractivity contribution >= 4 is 30.5 Å². The molecule has 6 heteroatoms. The van der Waals surface area contributed by atoms with E-state index in [0.29, 0.717) is 5.69 Å². The van der Waals surface area contributed by atoms with Crippen LogP contribution in [-0.4, -0.2) is 25.2 Å². The zero-order valence-corrected chi connectivity index (χ0v) is 10.2. The Balaban J connectivity index is 0. The second-order valence-electron chi connectivity index (χ2n) is 2.75. The summed E-state index contributed by atoms with van der Waals surface area (Å²) in [6.45, 7) is 2.31. The molecular weight excluding hydrogens is 237 g/mol. The van der Waals surface area contributed by atoms with Gasteiger partial charge in [0, 0.05) is 20.2 Å². The van der Waals surface area contributed by atoms with E-state index in [9.17, 15) is 0 Å². The molecule has 3 N–H and O–H groups in total. The number of methoxy groups -OCH3 is 1. The molecule has 0 saturated heterocycles. The Morgan fingerprint density at radius 3 is 2.67 bits per heavy atom. The number of pyridine rings is 1. The molecule has 1 aromatic rings. The third-order valence-electron chi connectivity index (χ3n) is 1.64. The minimum atomic E-state index is 0. The van der Waals surface area contributed by atoms with Gasteiger partial charge in [0.25, 0.3) is 0 Å². The molecule has 0 bridgehead atoms. The second kappa shape index (κ2) is 9.98. The zero-order valence-electron chi connectivity index (χ0n) is 8.60. The van der Waals surface area contributed by atoms with Gasteiger partial charge in [-0.15, -0.1) is 24.8 Å². The summed E-state index contributed by atoms with van der Waals surface area (Å²) < 4.78 is 4.90. The molecule has 88 valence electrons. The third kappa shape index (κ3) is 7.39. The van der Waals surface area contributed by atoms with Crippen molar-refractivity contribution in [1.82, 2.24) is 10.3 Å². The van der Waals surface area contributed by atoms with Crippen LogP contribution < -0.4 is 11.1 Å². The highest BCUT2D eigenvalue weighted by atomic mass is 35.5. The maximum absolute atomic E-state index is 5.50. The van der Waals surface area contributed by atoms with Crippen LogP contribution in [0.1, 0.15) is 5.69 Å². The van der Waals surface area contributed by atoms with Crippen LogP contribution in [0.5, 0.6) is 0 Å². The third-order valence-corrected chi connectivity index (χ3v) is 1.64. The fraction of sp³-hybridized carbons (Fsp3) is 0.444. The van der Waals surface area contributed by atoms with Gasteiger partial charge in [0.2, 0.25) is 0 Å². The van der Waals surface area contributed by atoms with Gasteiger partial charge in [-0.3, -0.25) is 4.98 Å². The first kappa shape index (κ1) is 16.9. The quantitative estimate of drug-likeness (QED) is 0.776. The van der Waals surface area contributed by atoms with Crippen molar-refractivity contribution < 1.29 is 4.74 Å². The van der Waals surface area contributed by atoms with E-state index in [0.717, 1.165) is 25.4 Å². The molecule has 4 nitrogen and oxygen atoms in total. The number of anilines is 1. The minimum absolute atomic E-state index is 0. The Bertz CT molecular complexity index is 244. The predicted molar refractivity (Wildman–Crippen MR) is 66.7 cm³/mol. The van der Waals surface area contributed by atoms with E-state index in [1.807, 2.05) is 12.1 Å². The molecule has 0 aliphatic rings. The molecule has 0 radical (unpaired) electrons. The van der Waals surface area contributed by atoms with E-state index in [1.165, 1.54) is 0 Å². The van der Waals surface area contributed by atoms with E-state index < -0.39 is 0 Å². The first-order valence-corrected chi connectivity index (χ1v) is 4.23. The number of rotatable bonds is 5. The summed E-state index contributed by atoms with van der Waals surface area (Å²) in [5.74, 6) is 0. The normalized spacial score (nSPS) is 8.87. The summed E-state index contributed by atoms with van der Waals surface area (Å²) in [4.78, 5) is 4.15. The van der Waals surface area contributed by atoms with Crippen molar-refractivity contribution in [2.75, 3.05) is 26.0 Å². The zero-order chi connectivity index (χ0) is 9.52. The lowest BCUT2D eigenvalue weighted by molar-refractivity contribution is 0.199. The van der Waals surface area contributed by atoms with E-state index in [1.54, 1.807) is 13.3 Å². The number of nitrogens with two attached hydrogens (primary N) is 1. The molecule has 0 aliphatic carbocycles. The second-order valence-corrected chi connectivity index (χ2v) is 2.75. The molecule has 0 saturated carbocycles. The molecule has 1 rings (SSSR count). The van der Waals surface area contributed by atoms with Gasteiger partial charge >= 0.3 is 0 Å². The molecule has 1 heterocycles. The lowest BCUT2D eigenvalue weighted by atomic mass is 10.3. The summed E-state index contributed by atoms with van der Waals surface area (Å²) in [6.07, 6.45) is 1.66. The molecule has 0 atom stereocenters. The van der Waals surface area contributed by atoms with Gasteiger partial charge in [0.05, 0.1) is 24.2 Å². The fourth-order valence-corrected chi connectivity index (χ4v) is 0.931. The summed E-state index contributed by atoms with van der Waals surface area (Å²) in [5.41, 5.74) is 7.19. The largest absolute Gasteiger partial charge is 0.397 e. The minimum Gasteiger partial charge on any atom is -0.397 e. The number of aromatic nitrogens is 1. The smallest absolute Gasteiger partial charge is 0.0587 e. The van der Waals surface area contributed by atoms with Gasteiger partial charge in [-0.05, 0) is 12.1 Å². The van der Waals surface area contributed by atoms with Crippen LogP contribution in [0.3, 0.4) is 0 Å².